The number of rotatable bonds is 6. The van der Waals surface area contributed by atoms with Crippen LogP contribution < -0.4 is 10.1 Å². The Morgan fingerprint density at radius 3 is 2.86 bits per heavy atom. The minimum Gasteiger partial charge on any atom is -0.493 e. The van der Waals surface area contributed by atoms with Crippen molar-refractivity contribution in [1.82, 2.24) is 10.3 Å². The maximum absolute atomic E-state index is 11.1. The molecule has 0 aliphatic carbocycles. The highest BCUT2D eigenvalue weighted by Crippen LogP contribution is 2.24. The van der Waals surface area contributed by atoms with Gasteiger partial charge in [-0.05, 0) is 48.7 Å². The number of hydrogen-bond donors (Lipinski definition) is 2. The fourth-order valence-corrected chi connectivity index (χ4v) is 3.39. The van der Waals surface area contributed by atoms with E-state index in [9.17, 15) is 4.79 Å². The van der Waals surface area contributed by atoms with Crippen LogP contribution in [0, 0.1) is 6.92 Å². The van der Waals surface area contributed by atoms with Crippen LogP contribution >= 0.6 is 0 Å². The van der Waals surface area contributed by atoms with E-state index in [-0.39, 0.29) is 0 Å². The second-order valence-corrected chi connectivity index (χ2v) is 6.89. The molecule has 1 aromatic heterocycles. The van der Waals surface area contributed by atoms with Crippen LogP contribution in [-0.4, -0.2) is 28.7 Å². The van der Waals surface area contributed by atoms with Gasteiger partial charge in [0.1, 0.15) is 17.6 Å². The van der Waals surface area contributed by atoms with E-state index in [0.29, 0.717) is 31.9 Å². The highest BCUT2D eigenvalue weighted by Gasteiger charge is 2.23. The maximum Gasteiger partial charge on any atom is 0.321 e. The van der Waals surface area contributed by atoms with Crippen molar-refractivity contribution in [1.29, 1.82) is 0 Å². The van der Waals surface area contributed by atoms with Crippen LogP contribution in [0.15, 0.2) is 52.9 Å². The number of aryl methyl sites for hydroxylation is 1. The molecule has 3 aromatic rings. The van der Waals surface area contributed by atoms with E-state index < -0.39 is 12.0 Å². The van der Waals surface area contributed by atoms with Crippen molar-refractivity contribution in [3.63, 3.8) is 0 Å². The number of nitrogens with zero attached hydrogens (tertiary/aromatic N) is 1. The normalized spacial score (nSPS) is 15.8. The summed E-state index contributed by atoms with van der Waals surface area (Å²) in [4.78, 5) is 15.7. The molecule has 0 radical (unpaired) electrons. The van der Waals surface area contributed by atoms with Crippen molar-refractivity contribution in [2.45, 2.75) is 32.4 Å². The topological polar surface area (TPSA) is 84.6 Å². The molecule has 1 atom stereocenters. The molecule has 0 fully saturated rings. The number of fused-ring (bicyclic) bond motifs is 1. The van der Waals surface area contributed by atoms with Gasteiger partial charge in [0.25, 0.3) is 0 Å². The van der Waals surface area contributed by atoms with E-state index in [4.69, 9.17) is 14.3 Å². The van der Waals surface area contributed by atoms with E-state index in [1.54, 1.807) is 0 Å². The number of carboxylic acid groups (broad SMARTS) is 1. The Hall–Kier alpha value is -3.12. The van der Waals surface area contributed by atoms with Gasteiger partial charge in [-0.2, -0.15) is 0 Å². The molecule has 6 heteroatoms. The third kappa shape index (κ3) is 3.92. The van der Waals surface area contributed by atoms with Gasteiger partial charge < -0.3 is 19.6 Å². The molecule has 0 unspecified atom stereocenters. The van der Waals surface area contributed by atoms with Crippen LogP contribution in [0.3, 0.4) is 0 Å². The summed E-state index contributed by atoms with van der Waals surface area (Å²) < 4.78 is 11.7. The van der Waals surface area contributed by atoms with Gasteiger partial charge in [0.05, 0.1) is 12.3 Å². The highest BCUT2D eigenvalue weighted by molar-refractivity contribution is 5.74. The van der Waals surface area contributed by atoms with E-state index in [1.807, 2.05) is 55.5 Å². The molecular formula is C22H22N2O4. The first-order valence-corrected chi connectivity index (χ1v) is 9.32. The van der Waals surface area contributed by atoms with Crippen molar-refractivity contribution < 1.29 is 19.1 Å². The van der Waals surface area contributed by atoms with Gasteiger partial charge >= 0.3 is 5.97 Å². The van der Waals surface area contributed by atoms with Crippen molar-refractivity contribution in [3.8, 4) is 17.2 Å². The molecule has 0 saturated heterocycles. The molecule has 28 heavy (non-hydrogen) atoms. The lowest BCUT2D eigenvalue weighted by Crippen LogP contribution is -2.41. The lowest BCUT2D eigenvalue weighted by Gasteiger charge is -2.23. The number of carbonyl (C=O) groups is 1. The SMILES string of the molecule is Cc1oc(-c2ccccc2)nc1CCOc1ccc2c(c1)CN[C@H](C(=O)O)C2. The molecule has 1 aliphatic rings. The standard InChI is InChI=1S/C22H22N2O4/c1-14-19(24-21(28-14)15-5-3-2-4-6-15)9-10-27-18-8-7-16-12-20(22(25)26)23-13-17(16)11-18/h2-8,11,20,23H,9-10,12-13H2,1H3,(H,25,26)/t20-/m0/s1. The summed E-state index contributed by atoms with van der Waals surface area (Å²) in [5.74, 6) is 1.39. The van der Waals surface area contributed by atoms with E-state index >= 15 is 0 Å². The Kier molecular flexibility index (Phi) is 5.12. The fraction of sp³-hybridized carbons (Fsp3) is 0.273. The largest absolute Gasteiger partial charge is 0.493 e. The summed E-state index contributed by atoms with van der Waals surface area (Å²) in [6.07, 6.45) is 1.14. The average molecular weight is 378 g/mol. The number of nitrogens with one attached hydrogen (secondary N) is 1. The predicted molar refractivity (Wildman–Crippen MR) is 104 cm³/mol. The van der Waals surface area contributed by atoms with Crippen LogP contribution in [0.2, 0.25) is 0 Å². The lowest BCUT2D eigenvalue weighted by atomic mass is 9.96. The van der Waals surface area contributed by atoms with Crippen LogP contribution in [0.25, 0.3) is 11.5 Å². The zero-order chi connectivity index (χ0) is 19.5. The van der Waals surface area contributed by atoms with Crippen molar-refractivity contribution in [2.24, 2.45) is 0 Å². The van der Waals surface area contributed by atoms with Gasteiger partial charge in [0.2, 0.25) is 5.89 Å². The number of oxazole rings is 1. The van der Waals surface area contributed by atoms with Crippen molar-refractivity contribution in [3.05, 3.63) is 71.1 Å². The van der Waals surface area contributed by atoms with Gasteiger partial charge in [-0.25, -0.2) is 4.98 Å². The summed E-state index contributed by atoms with van der Waals surface area (Å²) in [5, 5.41) is 12.2. The quantitative estimate of drug-likeness (QED) is 0.684. The molecule has 2 aromatic carbocycles. The summed E-state index contributed by atoms with van der Waals surface area (Å²) in [6.45, 7) is 2.94. The Morgan fingerprint density at radius 1 is 1.25 bits per heavy atom. The van der Waals surface area contributed by atoms with Crippen LogP contribution in [0.4, 0.5) is 0 Å². The summed E-state index contributed by atoms with van der Waals surface area (Å²) in [6, 6.07) is 15.1. The van der Waals surface area contributed by atoms with Crippen LogP contribution in [-0.2, 0) is 24.2 Å². The summed E-state index contributed by atoms with van der Waals surface area (Å²) in [7, 11) is 0. The molecule has 0 bridgehead atoms. The van der Waals surface area contributed by atoms with E-state index in [0.717, 1.165) is 33.9 Å². The van der Waals surface area contributed by atoms with Gasteiger partial charge in [-0.1, -0.05) is 24.3 Å². The summed E-state index contributed by atoms with van der Waals surface area (Å²) in [5.41, 5.74) is 3.99. The molecule has 0 spiro atoms. The Morgan fingerprint density at radius 2 is 2.07 bits per heavy atom. The first-order valence-electron chi connectivity index (χ1n) is 9.32. The molecule has 0 saturated carbocycles. The van der Waals surface area contributed by atoms with Gasteiger partial charge in [-0.15, -0.1) is 0 Å². The Labute approximate surface area is 163 Å². The number of ether oxygens (including phenoxy) is 1. The predicted octanol–water partition coefficient (Wildman–Crippen LogP) is 3.37. The van der Waals surface area contributed by atoms with E-state index in [1.165, 1.54) is 0 Å². The number of carboxylic acids is 1. The molecule has 144 valence electrons. The molecule has 6 nitrogen and oxygen atoms in total. The number of hydrogen-bond acceptors (Lipinski definition) is 5. The second kappa shape index (κ2) is 7.86. The fourth-order valence-electron chi connectivity index (χ4n) is 3.39. The summed E-state index contributed by atoms with van der Waals surface area (Å²) >= 11 is 0. The molecular weight excluding hydrogens is 356 g/mol. The molecule has 1 aliphatic heterocycles. The van der Waals surface area contributed by atoms with Crippen LogP contribution in [0.5, 0.6) is 5.75 Å². The molecule has 2 heterocycles. The lowest BCUT2D eigenvalue weighted by molar-refractivity contribution is -0.139. The van der Waals surface area contributed by atoms with Gasteiger partial charge in [-0.3, -0.25) is 4.79 Å². The number of aliphatic carboxylic acids is 1. The van der Waals surface area contributed by atoms with Gasteiger partial charge in [0.15, 0.2) is 0 Å². The minimum absolute atomic E-state index is 0.491. The van der Waals surface area contributed by atoms with Gasteiger partial charge in [0, 0.05) is 18.5 Å². The van der Waals surface area contributed by atoms with Crippen molar-refractivity contribution in [2.75, 3.05) is 6.61 Å². The number of benzene rings is 2. The zero-order valence-electron chi connectivity index (χ0n) is 15.6. The smallest absolute Gasteiger partial charge is 0.321 e. The Balaban J connectivity index is 1.37. The molecule has 2 N–H and O–H groups in total. The molecule has 4 rings (SSSR count). The van der Waals surface area contributed by atoms with E-state index in [2.05, 4.69) is 10.3 Å². The van der Waals surface area contributed by atoms with Crippen LogP contribution in [0.1, 0.15) is 22.6 Å². The first kappa shape index (κ1) is 18.3. The number of aromatic nitrogens is 1. The third-order valence-electron chi connectivity index (χ3n) is 4.96. The van der Waals surface area contributed by atoms with Crippen molar-refractivity contribution >= 4 is 5.97 Å². The first-order chi connectivity index (χ1) is 13.6. The highest BCUT2D eigenvalue weighted by atomic mass is 16.5. The maximum atomic E-state index is 11.1. The minimum atomic E-state index is -0.816. The third-order valence-corrected chi connectivity index (χ3v) is 4.96. The Bertz CT molecular complexity index is 981. The second-order valence-electron chi connectivity index (χ2n) is 6.89. The molecule has 0 amide bonds. The zero-order valence-corrected chi connectivity index (χ0v) is 15.6. The average Bonchev–Trinajstić information content (AvgIpc) is 3.09. The monoisotopic (exact) mass is 378 g/mol.